The third-order valence-electron chi connectivity index (χ3n) is 2.80. The second kappa shape index (κ2) is 5.28. The van der Waals surface area contributed by atoms with E-state index in [-0.39, 0.29) is 11.7 Å². The predicted octanol–water partition coefficient (Wildman–Crippen LogP) is 3.42. The highest BCUT2D eigenvalue weighted by atomic mass is 32.3. The lowest BCUT2D eigenvalue weighted by atomic mass is 9.92. The van der Waals surface area contributed by atoms with Crippen LogP contribution in [0.3, 0.4) is 0 Å². The number of aryl methyl sites for hydroxylation is 1. The Kier molecular flexibility index (Phi) is 4.40. The molecule has 0 aliphatic carbocycles. The molecule has 1 N–H and O–H groups in total. The molecule has 0 spiro atoms. The molecule has 0 aliphatic rings. The molecule has 0 heterocycles. The fraction of sp³-hybridized carbons (Fsp3) is 0.538. The van der Waals surface area contributed by atoms with Crippen LogP contribution in [0.2, 0.25) is 0 Å². The highest BCUT2D eigenvalue weighted by Gasteiger charge is 2.18. The first-order chi connectivity index (χ1) is 8.11. The summed E-state index contributed by atoms with van der Waals surface area (Å²) in [5, 5.41) is 0. The number of rotatable bonds is 4. The molecular weight excluding hydrogens is 252 g/mol. The molecule has 5 heteroatoms. The molecule has 0 amide bonds. The van der Waals surface area contributed by atoms with Gasteiger partial charge in [0.05, 0.1) is 0 Å². The van der Waals surface area contributed by atoms with Gasteiger partial charge in [0.25, 0.3) is 0 Å². The molecule has 0 bridgehead atoms. The summed E-state index contributed by atoms with van der Waals surface area (Å²) in [6, 6.07) is 3.82. The zero-order valence-corrected chi connectivity index (χ0v) is 12.2. The average molecular weight is 272 g/mol. The van der Waals surface area contributed by atoms with Crippen molar-refractivity contribution in [3.05, 3.63) is 28.8 Å². The van der Waals surface area contributed by atoms with Crippen LogP contribution in [0.25, 0.3) is 0 Å². The maximum atomic E-state index is 10.9. The monoisotopic (exact) mass is 272 g/mol. The molecule has 1 aromatic carbocycles. The predicted molar refractivity (Wildman–Crippen MR) is 71.5 cm³/mol. The van der Waals surface area contributed by atoms with E-state index in [4.69, 9.17) is 4.55 Å². The van der Waals surface area contributed by atoms with Gasteiger partial charge in [-0.2, -0.15) is 8.42 Å². The molecule has 0 aliphatic heterocycles. The van der Waals surface area contributed by atoms with Gasteiger partial charge in [-0.3, -0.25) is 4.55 Å². The van der Waals surface area contributed by atoms with Gasteiger partial charge in [0.15, 0.2) is 5.75 Å². The zero-order valence-electron chi connectivity index (χ0n) is 11.4. The van der Waals surface area contributed by atoms with Crippen molar-refractivity contribution in [2.45, 2.75) is 46.5 Å². The number of hydrogen-bond donors (Lipinski definition) is 1. The molecule has 0 saturated heterocycles. The van der Waals surface area contributed by atoms with Crippen molar-refractivity contribution in [1.29, 1.82) is 0 Å². The molecule has 18 heavy (non-hydrogen) atoms. The van der Waals surface area contributed by atoms with Crippen LogP contribution in [0.15, 0.2) is 12.1 Å². The minimum atomic E-state index is -4.49. The van der Waals surface area contributed by atoms with Crippen LogP contribution < -0.4 is 4.18 Å². The van der Waals surface area contributed by atoms with Crippen molar-refractivity contribution in [2.24, 2.45) is 0 Å². The maximum Gasteiger partial charge on any atom is 0.446 e. The Labute approximate surface area is 109 Å². The van der Waals surface area contributed by atoms with Gasteiger partial charge in [0.1, 0.15) is 0 Å². The summed E-state index contributed by atoms with van der Waals surface area (Å²) in [5.74, 6) is 0.692. The summed E-state index contributed by atoms with van der Waals surface area (Å²) in [6.45, 7) is 9.83. The Morgan fingerprint density at radius 3 is 2.06 bits per heavy atom. The molecule has 0 saturated carbocycles. The third-order valence-corrected chi connectivity index (χ3v) is 3.18. The Morgan fingerprint density at radius 2 is 1.67 bits per heavy atom. The molecule has 102 valence electrons. The standard InChI is InChI=1S/C13H20O4S/c1-8(2)11-6-10(5)13(17-18(14,15)16)12(7-11)9(3)4/h6-9H,1-5H3,(H,14,15,16). The van der Waals surface area contributed by atoms with Gasteiger partial charge < -0.3 is 4.18 Å². The summed E-state index contributed by atoms with van der Waals surface area (Å²) in [5.41, 5.74) is 2.62. The number of benzene rings is 1. The smallest absolute Gasteiger partial charge is 0.361 e. The quantitative estimate of drug-likeness (QED) is 0.853. The van der Waals surface area contributed by atoms with Crippen molar-refractivity contribution < 1.29 is 17.2 Å². The lowest BCUT2D eigenvalue weighted by molar-refractivity contribution is 0.383. The van der Waals surface area contributed by atoms with Crippen LogP contribution in [0.1, 0.15) is 56.2 Å². The third kappa shape index (κ3) is 3.71. The molecule has 1 aromatic rings. The SMILES string of the molecule is Cc1cc(C(C)C)cc(C(C)C)c1OS(=O)(=O)O. The first-order valence-electron chi connectivity index (χ1n) is 5.93. The summed E-state index contributed by atoms with van der Waals surface area (Å²) in [7, 11) is -4.49. The van der Waals surface area contributed by atoms with Gasteiger partial charge in [-0.25, -0.2) is 0 Å². The summed E-state index contributed by atoms with van der Waals surface area (Å²) in [6.07, 6.45) is 0. The normalized spacial score (nSPS) is 12.2. The average Bonchev–Trinajstić information content (AvgIpc) is 2.18. The molecule has 0 atom stereocenters. The van der Waals surface area contributed by atoms with Crippen LogP contribution in [0.5, 0.6) is 5.75 Å². The van der Waals surface area contributed by atoms with E-state index in [1.807, 2.05) is 26.0 Å². The van der Waals surface area contributed by atoms with Crippen LogP contribution in [-0.2, 0) is 10.4 Å². The van der Waals surface area contributed by atoms with E-state index in [1.165, 1.54) is 0 Å². The minimum Gasteiger partial charge on any atom is -0.361 e. The summed E-state index contributed by atoms with van der Waals surface area (Å²) in [4.78, 5) is 0. The van der Waals surface area contributed by atoms with Gasteiger partial charge in [0, 0.05) is 0 Å². The Bertz CT molecular complexity index is 530. The lowest BCUT2D eigenvalue weighted by Gasteiger charge is -2.17. The molecule has 1 rings (SSSR count). The van der Waals surface area contributed by atoms with Crippen molar-refractivity contribution in [3.63, 3.8) is 0 Å². The van der Waals surface area contributed by atoms with Gasteiger partial charge in [-0.1, -0.05) is 39.8 Å². The Morgan fingerprint density at radius 1 is 1.11 bits per heavy atom. The maximum absolute atomic E-state index is 10.9. The molecule has 0 fully saturated rings. The van der Waals surface area contributed by atoms with E-state index in [1.54, 1.807) is 6.92 Å². The first-order valence-corrected chi connectivity index (χ1v) is 7.29. The highest BCUT2D eigenvalue weighted by Crippen LogP contribution is 2.34. The second-order valence-electron chi connectivity index (χ2n) is 5.08. The van der Waals surface area contributed by atoms with Gasteiger partial charge in [-0.05, 0) is 35.4 Å². The van der Waals surface area contributed by atoms with Crippen molar-refractivity contribution in [2.75, 3.05) is 0 Å². The van der Waals surface area contributed by atoms with E-state index in [0.29, 0.717) is 11.5 Å². The van der Waals surface area contributed by atoms with Gasteiger partial charge in [-0.15, -0.1) is 0 Å². The summed E-state index contributed by atoms with van der Waals surface area (Å²) < 4.78 is 35.3. The lowest BCUT2D eigenvalue weighted by Crippen LogP contribution is -2.10. The molecular formula is C13H20O4S. The van der Waals surface area contributed by atoms with E-state index < -0.39 is 10.4 Å². The van der Waals surface area contributed by atoms with E-state index in [2.05, 4.69) is 18.0 Å². The largest absolute Gasteiger partial charge is 0.446 e. The van der Waals surface area contributed by atoms with E-state index in [0.717, 1.165) is 11.1 Å². The zero-order chi connectivity index (χ0) is 14.1. The van der Waals surface area contributed by atoms with E-state index >= 15 is 0 Å². The van der Waals surface area contributed by atoms with Crippen molar-refractivity contribution in [3.8, 4) is 5.75 Å². The molecule has 4 nitrogen and oxygen atoms in total. The molecule has 0 unspecified atom stereocenters. The minimum absolute atomic E-state index is 0.110. The fourth-order valence-corrected chi connectivity index (χ4v) is 2.25. The Hall–Kier alpha value is -1.07. The van der Waals surface area contributed by atoms with Crippen molar-refractivity contribution in [1.82, 2.24) is 0 Å². The molecule has 0 aromatic heterocycles. The number of hydrogen-bond acceptors (Lipinski definition) is 3. The highest BCUT2D eigenvalue weighted by molar-refractivity contribution is 7.81. The topological polar surface area (TPSA) is 63.6 Å². The second-order valence-corrected chi connectivity index (χ2v) is 6.10. The van der Waals surface area contributed by atoms with Crippen molar-refractivity contribution >= 4 is 10.4 Å². The first kappa shape index (κ1) is 15.0. The summed E-state index contributed by atoms with van der Waals surface area (Å²) >= 11 is 0. The van der Waals surface area contributed by atoms with Crippen LogP contribution in [-0.4, -0.2) is 13.0 Å². The fourth-order valence-electron chi connectivity index (χ4n) is 1.81. The van der Waals surface area contributed by atoms with Gasteiger partial charge >= 0.3 is 10.4 Å². The van der Waals surface area contributed by atoms with Gasteiger partial charge in [0.2, 0.25) is 0 Å². The van der Waals surface area contributed by atoms with E-state index in [9.17, 15) is 8.42 Å². The van der Waals surface area contributed by atoms with Crippen LogP contribution in [0, 0.1) is 6.92 Å². The Balaban J connectivity index is 3.41. The van der Waals surface area contributed by atoms with Crippen LogP contribution in [0.4, 0.5) is 0 Å². The van der Waals surface area contributed by atoms with Crippen LogP contribution >= 0.6 is 0 Å². The molecule has 0 radical (unpaired) electrons.